The number of pyridine rings is 1. The summed E-state index contributed by atoms with van der Waals surface area (Å²) in [6, 6.07) is 6.64. The van der Waals surface area contributed by atoms with Gasteiger partial charge in [0.15, 0.2) is 0 Å². The highest BCUT2D eigenvalue weighted by Gasteiger charge is 2.15. The molecule has 0 saturated carbocycles. The maximum absolute atomic E-state index is 4.38. The van der Waals surface area contributed by atoms with Gasteiger partial charge in [0, 0.05) is 25.3 Å². The Hall–Kier alpha value is -0.930. The minimum absolute atomic E-state index is 0.540. The number of rotatable bonds is 7. The zero-order valence-electron chi connectivity index (χ0n) is 11.5. The SMILES string of the molecule is CCN(Cc1ccccn1)CC(NC)C(C)C. The summed E-state index contributed by atoms with van der Waals surface area (Å²) in [5, 5.41) is 3.39. The van der Waals surface area contributed by atoms with Crippen molar-refractivity contribution in [3.8, 4) is 0 Å². The average Bonchev–Trinajstić information content (AvgIpc) is 2.35. The summed E-state index contributed by atoms with van der Waals surface area (Å²) in [5.41, 5.74) is 1.15. The van der Waals surface area contributed by atoms with E-state index in [-0.39, 0.29) is 0 Å². The largest absolute Gasteiger partial charge is 0.315 e. The van der Waals surface area contributed by atoms with Crippen LogP contribution in [0.3, 0.4) is 0 Å². The highest BCUT2D eigenvalue weighted by molar-refractivity contribution is 5.03. The van der Waals surface area contributed by atoms with Crippen LogP contribution in [0, 0.1) is 5.92 Å². The van der Waals surface area contributed by atoms with E-state index in [4.69, 9.17) is 0 Å². The predicted molar refractivity (Wildman–Crippen MR) is 72.9 cm³/mol. The normalized spacial score (nSPS) is 13.3. The van der Waals surface area contributed by atoms with E-state index in [0.29, 0.717) is 12.0 Å². The minimum atomic E-state index is 0.540. The first-order valence-corrected chi connectivity index (χ1v) is 6.46. The van der Waals surface area contributed by atoms with Gasteiger partial charge in [-0.2, -0.15) is 0 Å². The Bertz CT molecular complexity index is 298. The van der Waals surface area contributed by atoms with Crippen molar-refractivity contribution in [1.82, 2.24) is 15.2 Å². The first-order valence-electron chi connectivity index (χ1n) is 6.46. The van der Waals surface area contributed by atoms with Crippen LogP contribution in [0.2, 0.25) is 0 Å². The zero-order chi connectivity index (χ0) is 12.7. The summed E-state index contributed by atoms with van der Waals surface area (Å²) in [4.78, 5) is 6.82. The van der Waals surface area contributed by atoms with Gasteiger partial charge < -0.3 is 5.32 Å². The molecule has 0 aliphatic heterocycles. The van der Waals surface area contributed by atoms with Crippen LogP contribution in [0.1, 0.15) is 26.5 Å². The fraction of sp³-hybridized carbons (Fsp3) is 0.643. The van der Waals surface area contributed by atoms with E-state index in [0.717, 1.165) is 25.3 Å². The summed E-state index contributed by atoms with van der Waals surface area (Å²) >= 11 is 0. The Labute approximate surface area is 105 Å². The minimum Gasteiger partial charge on any atom is -0.315 e. The fourth-order valence-corrected chi connectivity index (χ4v) is 1.94. The van der Waals surface area contributed by atoms with Crippen molar-refractivity contribution in [2.24, 2.45) is 5.92 Å². The third-order valence-electron chi connectivity index (χ3n) is 3.19. The summed E-state index contributed by atoms with van der Waals surface area (Å²) in [5.74, 6) is 0.651. The van der Waals surface area contributed by atoms with Crippen molar-refractivity contribution < 1.29 is 0 Å². The van der Waals surface area contributed by atoms with Gasteiger partial charge >= 0.3 is 0 Å². The van der Waals surface area contributed by atoms with Crippen molar-refractivity contribution in [1.29, 1.82) is 0 Å². The third-order valence-corrected chi connectivity index (χ3v) is 3.19. The van der Waals surface area contributed by atoms with Gasteiger partial charge in [-0.25, -0.2) is 0 Å². The zero-order valence-corrected chi connectivity index (χ0v) is 11.5. The van der Waals surface area contributed by atoms with Gasteiger partial charge in [0.05, 0.1) is 5.69 Å². The summed E-state index contributed by atoms with van der Waals surface area (Å²) in [6.07, 6.45) is 1.86. The van der Waals surface area contributed by atoms with E-state index >= 15 is 0 Å². The van der Waals surface area contributed by atoms with Gasteiger partial charge in [-0.1, -0.05) is 26.8 Å². The molecular weight excluding hydrogens is 210 g/mol. The first-order chi connectivity index (χ1) is 8.17. The number of hydrogen-bond acceptors (Lipinski definition) is 3. The molecular formula is C14H25N3. The molecule has 0 aromatic carbocycles. The number of likely N-dealkylation sites (N-methyl/N-ethyl adjacent to an activating group) is 2. The van der Waals surface area contributed by atoms with E-state index in [1.165, 1.54) is 0 Å². The van der Waals surface area contributed by atoms with Crippen LogP contribution in [0.5, 0.6) is 0 Å². The molecule has 0 spiro atoms. The molecule has 1 aromatic rings. The van der Waals surface area contributed by atoms with Gasteiger partial charge in [-0.15, -0.1) is 0 Å². The van der Waals surface area contributed by atoms with Crippen LogP contribution in [-0.2, 0) is 6.54 Å². The van der Waals surface area contributed by atoms with E-state index < -0.39 is 0 Å². The Balaban J connectivity index is 2.54. The Kier molecular flexibility index (Phi) is 6.16. The molecule has 1 aromatic heterocycles. The highest BCUT2D eigenvalue weighted by atomic mass is 15.1. The average molecular weight is 235 g/mol. The van der Waals surface area contributed by atoms with Gasteiger partial charge in [0.25, 0.3) is 0 Å². The number of hydrogen-bond donors (Lipinski definition) is 1. The molecule has 0 aliphatic rings. The lowest BCUT2D eigenvalue weighted by molar-refractivity contribution is 0.223. The van der Waals surface area contributed by atoms with Gasteiger partial charge in [-0.05, 0) is 31.6 Å². The lowest BCUT2D eigenvalue weighted by Crippen LogP contribution is -2.42. The van der Waals surface area contributed by atoms with Crippen LogP contribution < -0.4 is 5.32 Å². The second-order valence-electron chi connectivity index (χ2n) is 4.79. The summed E-state index contributed by atoms with van der Waals surface area (Å²) < 4.78 is 0. The number of nitrogens with one attached hydrogen (secondary N) is 1. The summed E-state index contributed by atoms with van der Waals surface area (Å²) in [6.45, 7) is 9.78. The standard InChI is InChI=1S/C14H25N3/c1-5-17(11-14(15-4)12(2)3)10-13-8-6-7-9-16-13/h6-9,12,14-15H,5,10-11H2,1-4H3. The van der Waals surface area contributed by atoms with Crippen molar-refractivity contribution in [2.75, 3.05) is 20.1 Å². The van der Waals surface area contributed by atoms with Crippen molar-refractivity contribution in [2.45, 2.75) is 33.4 Å². The smallest absolute Gasteiger partial charge is 0.0543 e. The highest BCUT2D eigenvalue weighted by Crippen LogP contribution is 2.07. The fourth-order valence-electron chi connectivity index (χ4n) is 1.94. The third kappa shape index (κ3) is 4.84. The van der Waals surface area contributed by atoms with Crippen LogP contribution in [0.4, 0.5) is 0 Å². The molecule has 1 atom stereocenters. The second-order valence-corrected chi connectivity index (χ2v) is 4.79. The monoisotopic (exact) mass is 235 g/mol. The molecule has 0 radical (unpaired) electrons. The van der Waals surface area contributed by atoms with E-state index in [9.17, 15) is 0 Å². The number of aromatic nitrogens is 1. The van der Waals surface area contributed by atoms with E-state index in [2.05, 4.69) is 42.0 Å². The Morgan fingerprint density at radius 1 is 1.35 bits per heavy atom. The molecule has 1 unspecified atom stereocenters. The molecule has 3 nitrogen and oxygen atoms in total. The lowest BCUT2D eigenvalue weighted by atomic mass is 10.0. The number of nitrogens with zero attached hydrogens (tertiary/aromatic N) is 2. The molecule has 17 heavy (non-hydrogen) atoms. The lowest BCUT2D eigenvalue weighted by Gasteiger charge is -2.28. The van der Waals surface area contributed by atoms with Gasteiger partial charge in [0.1, 0.15) is 0 Å². The predicted octanol–water partition coefficient (Wildman–Crippen LogP) is 2.15. The van der Waals surface area contributed by atoms with E-state index in [1.54, 1.807) is 0 Å². The first kappa shape index (κ1) is 14.1. The second kappa shape index (κ2) is 7.41. The molecule has 0 saturated heterocycles. The van der Waals surface area contributed by atoms with E-state index in [1.807, 2.05) is 25.4 Å². The maximum Gasteiger partial charge on any atom is 0.0543 e. The van der Waals surface area contributed by atoms with Gasteiger partial charge in [0.2, 0.25) is 0 Å². The molecule has 0 amide bonds. The summed E-state index contributed by atoms with van der Waals surface area (Å²) in [7, 11) is 2.04. The van der Waals surface area contributed by atoms with Crippen LogP contribution >= 0.6 is 0 Å². The molecule has 1 N–H and O–H groups in total. The van der Waals surface area contributed by atoms with Crippen LogP contribution in [-0.4, -0.2) is 36.1 Å². The molecule has 0 aliphatic carbocycles. The quantitative estimate of drug-likeness (QED) is 0.785. The molecule has 1 heterocycles. The topological polar surface area (TPSA) is 28.2 Å². The molecule has 0 bridgehead atoms. The Morgan fingerprint density at radius 3 is 2.59 bits per heavy atom. The molecule has 96 valence electrons. The van der Waals surface area contributed by atoms with Crippen LogP contribution in [0.25, 0.3) is 0 Å². The van der Waals surface area contributed by atoms with Crippen LogP contribution in [0.15, 0.2) is 24.4 Å². The molecule has 3 heteroatoms. The maximum atomic E-state index is 4.38. The molecule has 0 fully saturated rings. The van der Waals surface area contributed by atoms with Gasteiger partial charge in [-0.3, -0.25) is 9.88 Å². The van der Waals surface area contributed by atoms with Crippen molar-refractivity contribution >= 4 is 0 Å². The van der Waals surface area contributed by atoms with Crippen molar-refractivity contribution in [3.63, 3.8) is 0 Å². The Morgan fingerprint density at radius 2 is 2.12 bits per heavy atom. The van der Waals surface area contributed by atoms with Crippen molar-refractivity contribution in [3.05, 3.63) is 30.1 Å². The molecule has 1 rings (SSSR count).